The van der Waals surface area contributed by atoms with Gasteiger partial charge in [-0.15, -0.1) is 0 Å². The van der Waals surface area contributed by atoms with Crippen molar-refractivity contribution in [2.45, 2.75) is 38.6 Å². The molecule has 1 rings (SSSR count). The first-order chi connectivity index (χ1) is 7.54. The normalized spacial score (nSPS) is 19.6. The minimum absolute atomic E-state index is 0.00125. The number of aliphatic hydroxyl groups excluding tert-OH is 1. The smallest absolute Gasteiger partial charge is 0.237 e. The van der Waals surface area contributed by atoms with Crippen molar-refractivity contribution >= 4 is 5.91 Å². The summed E-state index contributed by atoms with van der Waals surface area (Å²) >= 11 is 0. The molecule has 1 atom stereocenters. The first-order valence-corrected chi connectivity index (χ1v) is 6.09. The van der Waals surface area contributed by atoms with Crippen molar-refractivity contribution in [3.05, 3.63) is 0 Å². The van der Waals surface area contributed by atoms with Crippen LogP contribution >= 0.6 is 0 Å². The SMILES string of the molecule is CCCC(C(=O)NCC1(CO)CC1)N(C)C. The second-order valence-electron chi connectivity index (χ2n) is 5.14. The highest BCUT2D eigenvalue weighted by molar-refractivity contribution is 5.81. The Labute approximate surface area is 98.0 Å². The van der Waals surface area contributed by atoms with Crippen LogP contribution in [0.3, 0.4) is 0 Å². The predicted molar refractivity (Wildman–Crippen MR) is 64.1 cm³/mol. The number of nitrogens with one attached hydrogen (secondary N) is 1. The first-order valence-electron chi connectivity index (χ1n) is 6.09. The molecule has 1 unspecified atom stereocenters. The minimum Gasteiger partial charge on any atom is -0.396 e. The van der Waals surface area contributed by atoms with Crippen molar-refractivity contribution in [2.75, 3.05) is 27.2 Å². The van der Waals surface area contributed by atoms with E-state index < -0.39 is 0 Å². The maximum atomic E-state index is 11.9. The Morgan fingerprint density at radius 3 is 2.50 bits per heavy atom. The number of hydrogen-bond acceptors (Lipinski definition) is 3. The summed E-state index contributed by atoms with van der Waals surface area (Å²) in [5, 5.41) is 12.1. The summed E-state index contributed by atoms with van der Waals surface area (Å²) in [4.78, 5) is 13.9. The van der Waals surface area contributed by atoms with E-state index in [2.05, 4.69) is 12.2 Å². The maximum Gasteiger partial charge on any atom is 0.237 e. The number of carbonyl (C=O) groups excluding carboxylic acids is 1. The molecule has 0 heterocycles. The van der Waals surface area contributed by atoms with Gasteiger partial charge in [-0.05, 0) is 33.4 Å². The van der Waals surface area contributed by atoms with Gasteiger partial charge < -0.3 is 10.4 Å². The average Bonchev–Trinajstić information content (AvgIpc) is 3.03. The number of rotatable bonds is 7. The van der Waals surface area contributed by atoms with Crippen LogP contribution in [0.4, 0.5) is 0 Å². The van der Waals surface area contributed by atoms with Crippen LogP contribution in [-0.4, -0.2) is 49.2 Å². The fraction of sp³-hybridized carbons (Fsp3) is 0.917. The second-order valence-corrected chi connectivity index (χ2v) is 5.14. The zero-order chi connectivity index (χ0) is 12.2. The molecule has 94 valence electrons. The summed E-state index contributed by atoms with van der Waals surface area (Å²) in [5.74, 6) is 0.0894. The molecule has 1 fully saturated rings. The van der Waals surface area contributed by atoms with Crippen molar-refractivity contribution in [3.8, 4) is 0 Å². The van der Waals surface area contributed by atoms with E-state index in [4.69, 9.17) is 5.11 Å². The van der Waals surface area contributed by atoms with Crippen LogP contribution < -0.4 is 5.32 Å². The minimum atomic E-state index is -0.0421. The van der Waals surface area contributed by atoms with Crippen molar-refractivity contribution in [3.63, 3.8) is 0 Å². The van der Waals surface area contributed by atoms with Crippen LogP contribution in [0.5, 0.6) is 0 Å². The van der Waals surface area contributed by atoms with Gasteiger partial charge >= 0.3 is 0 Å². The number of aliphatic hydroxyl groups is 1. The molecule has 1 saturated carbocycles. The van der Waals surface area contributed by atoms with Crippen molar-refractivity contribution < 1.29 is 9.90 Å². The summed E-state index contributed by atoms with van der Waals surface area (Å²) in [5.41, 5.74) is -0.00125. The zero-order valence-corrected chi connectivity index (χ0v) is 10.6. The van der Waals surface area contributed by atoms with E-state index in [0.29, 0.717) is 6.54 Å². The van der Waals surface area contributed by atoms with Gasteiger partial charge in [0.2, 0.25) is 5.91 Å². The third kappa shape index (κ3) is 3.46. The highest BCUT2D eigenvalue weighted by Gasteiger charge is 2.42. The Hall–Kier alpha value is -0.610. The lowest BCUT2D eigenvalue weighted by Crippen LogP contribution is -2.45. The van der Waals surface area contributed by atoms with E-state index in [1.54, 1.807) is 0 Å². The van der Waals surface area contributed by atoms with E-state index in [9.17, 15) is 4.79 Å². The molecule has 0 bridgehead atoms. The highest BCUT2D eigenvalue weighted by Crippen LogP contribution is 2.44. The molecule has 4 heteroatoms. The molecular formula is C12H24N2O2. The number of hydrogen-bond donors (Lipinski definition) is 2. The molecule has 1 amide bonds. The summed E-state index contributed by atoms with van der Waals surface area (Å²) in [6.07, 6.45) is 3.95. The molecule has 16 heavy (non-hydrogen) atoms. The Kier molecular flexibility index (Phi) is 4.74. The number of likely N-dealkylation sites (N-methyl/N-ethyl adjacent to an activating group) is 1. The van der Waals surface area contributed by atoms with Crippen molar-refractivity contribution in [1.82, 2.24) is 10.2 Å². The van der Waals surface area contributed by atoms with Gasteiger partial charge in [0.15, 0.2) is 0 Å². The molecule has 1 aliphatic rings. The number of amides is 1. The van der Waals surface area contributed by atoms with Gasteiger partial charge in [-0.3, -0.25) is 9.69 Å². The largest absolute Gasteiger partial charge is 0.396 e. The van der Waals surface area contributed by atoms with Crippen LogP contribution in [0.25, 0.3) is 0 Å². The van der Waals surface area contributed by atoms with Gasteiger partial charge in [0.1, 0.15) is 0 Å². The first kappa shape index (κ1) is 13.5. The Balaban J connectivity index is 2.37. The lowest BCUT2D eigenvalue weighted by Gasteiger charge is -2.24. The maximum absolute atomic E-state index is 11.9. The standard InChI is InChI=1S/C12H24N2O2/c1-4-5-10(14(2)3)11(16)13-8-12(9-15)6-7-12/h10,15H,4-9H2,1-3H3,(H,13,16). The zero-order valence-electron chi connectivity index (χ0n) is 10.6. The van der Waals surface area contributed by atoms with Gasteiger partial charge in [-0.2, -0.15) is 0 Å². The van der Waals surface area contributed by atoms with E-state index in [0.717, 1.165) is 25.7 Å². The van der Waals surface area contributed by atoms with Crippen LogP contribution in [0.1, 0.15) is 32.6 Å². The predicted octanol–water partition coefficient (Wildman–Crippen LogP) is 0.605. The summed E-state index contributed by atoms with van der Waals surface area (Å²) in [6, 6.07) is -0.0421. The molecular weight excluding hydrogens is 204 g/mol. The fourth-order valence-electron chi connectivity index (χ4n) is 1.86. The average molecular weight is 228 g/mol. The number of carbonyl (C=O) groups is 1. The monoisotopic (exact) mass is 228 g/mol. The van der Waals surface area contributed by atoms with E-state index in [-0.39, 0.29) is 24.0 Å². The van der Waals surface area contributed by atoms with Crippen molar-refractivity contribution in [2.24, 2.45) is 5.41 Å². The molecule has 0 aromatic heterocycles. The molecule has 4 nitrogen and oxygen atoms in total. The molecule has 1 aliphatic carbocycles. The van der Waals surface area contributed by atoms with Crippen LogP contribution in [0.15, 0.2) is 0 Å². The fourth-order valence-corrected chi connectivity index (χ4v) is 1.86. The van der Waals surface area contributed by atoms with Gasteiger partial charge in [-0.1, -0.05) is 13.3 Å². The van der Waals surface area contributed by atoms with E-state index in [1.165, 1.54) is 0 Å². The second kappa shape index (κ2) is 5.64. The van der Waals surface area contributed by atoms with Crippen LogP contribution in [0.2, 0.25) is 0 Å². The molecule has 0 radical (unpaired) electrons. The summed E-state index contributed by atoms with van der Waals surface area (Å²) < 4.78 is 0. The topological polar surface area (TPSA) is 52.6 Å². The molecule has 0 aromatic carbocycles. The van der Waals surface area contributed by atoms with Gasteiger partial charge in [-0.25, -0.2) is 0 Å². The van der Waals surface area contributed by atoms with Gasteiger partial charge in [0, 0.05) is 12.0 Å². The molecule has 2 N–H and O–H groups in total. The van der Waals surface area contributed by atoms with Crippen LogP contribution in [-0.2, 0) is 4.79 Å². The molecule has 0 aromatic rings. The van der Waals surface area contributed by atoms with Gasteiger partial charge in [0.25, 0.3) is 0 Å². The molecule has 0 spiro atoms. The Bertz CT molecular complexity index is 237. The highest BCUT2D eigenvalue weighted by atomic mass is 16.3. The Morgan fingerprint density at radius 1 is 1.50 bits per heavy atom. The Morgan fingerprint density at radius 2 is 2.12 bits per heavy atom. The molecule has 0 aliphatic heterocycles. The third-order valence-electron chi connectivity index (χ3n) is 3.42. The molecule has 0 saturated heterocycles. The lowest BCUT2D eigenvalue weighted by molar-refractivity contribution is -0.126. The number of nitrogens with zero attached hydrogens (tertiary/aromatic N) is 1. The van der Waals surface area contributed by atoms with Crippen LogP contribution in [0, 0.1) is 5.41 Å². The van der Waals surface area contributed by atoms with Crippen molar-refractivity contribution in [1.29, 1.82) is 0 Å². The lowest BCUT2D eigenvalue weighted by atomic mass is 10.1. The third-order valence-corrected chi connectivity index (χ3v) is 3.42. The van der Waals surface area contributed by atoms with Gasteiger partial charge in [0.05, 0.1) is 12.6 Å². The summed E-state index contributed by atoms with van der Waals surface area (Å²) in [6.45, 7) is 2.89. The van der Waals surface area contributed by atoms with E-state index >= 15 is 0 Å². The summed E-state index contributed by atoms with van der Waals surface area (Å²) in [7, 11) is 3.86. The quantitative estimate of drug-likeness (QED) is 0.671. The van der Waals surface area contributed by atoms with E-state index in [1.807, 2.05) is 19.0 Å².